The van der Waals surface area contributed by atoms with Crippen LogP contribution in [0.2, 0.25) is 0 Å². The molecule has 0 aromatic carbocycles. The SMILES string of the molecule is C=C(/C=C(\C=C(C)C)OCC1COC1)C1CCCOC1. The first-order valence-corrected chi connectivity index (χ1v) is 7.49. The molecular formula is C17H26O3. The minimum absolute atomic E-state index is 0.431. The molecule has 0 spiro atoms. The van der Waals surface area contributed by atoms with E-state index in [1.54, 1.807) is 0 Å². The van der Waals surface area contributed by atoms with Crippen LogP contribution in [0.4, 0.5) is 0 Å². The van der Waals surface area contributed by atoms with Gasteiger partial charge in [-0.2, -0.15) is 0 Å². The maximum Gasteiger partial charge on any atom is 0.119 e. The minimum Gasteiger partial charge on any atom is -0.493 e. The molecule has 2 rings (SSSR count). The van der Waals surface area contributed by atoms with Crippen LogP contribution in [0.15, 0.2) is 35.6 Å². The van der Waals surface area contributed by atoms with Gasteiger partial charge in [0.05, 0.1) is 26.4 Å². The molecule has 0 bridgehead atoms. The number of hydrogen-bond donors (Lipinski definition) is 0. The predicted octanol–water partition coefficient (Wildman–Crippen LogP) is 3.48. The third-order valence-electron chi connectivity index (χ3n) is 3.64. The van der Waals surface area contributed by atoms with E-state index < -0.39 is 0 Å². The van der Waals surface area contributed by atoms with Crippen LogP contribution in [0.1, 0.15) is 26.7 Å². The molecule has 2 heterocycles. The lowest BCUT2D eigenvalue weighted by atomic mass is 9.94. The van der Waals surface area contributed by atoms with Gasteiger partial charge in [0.1, 0.15) is 5.76 Å². The average molecular weight is 278 g/mol. The van der Waals surface area contributed by atoms with Crippen LogP contribution >= 0.6 is 0 Å². The zero-order valence-corrected chi connectivity index (χ0v) is 12.7. The monoisotopic (exact) mass is 278 g/mol. The second-order valence-electron chi connectivity index (χ2n) is 5.97. The van der Waals surface area contributed by atoms with Crippen LogP contribution in [-0.4, -0.2) is 33.0 Å². The van der Waals surface area contributed by atoms with Gasteiger partial charge in [0.25, 0.3) is 0 Å². The van der Waals surface area contributed by atoms with Gasteiger partial charge >= 0.3 is 0 Å². The first-order chi connectivity index (χ1) is 9.65. The number of allylic oxidation sites excluding steroid dienone is 3. The van der Waals surface area contributed by atoms with Crippen molar-refractivity contribution in [2.24, 2.45) is 11.8 Å². The molecule has 2 aliphatic heterocycles. The standard InChI is InChI=1S/C17H26O3/c1-13(2)7-17(20-11-15-9-19-10-15)8-14(3)16-5-4-6-18-12-16/h7-8,15-16H,3-6,9-12H2,1-2H3/b17-8+. The Morgan fingerprint density at radius 3 is 2.55 bits per heavy atom. The van der Waals surface area contributed by atoms with Crippen molar-refractivity contribution in [2.75, 3.05) is 33.0 Å². The van der Waals surface area contributed by atoms with Gasteiger partial charge in [-0.05, 0) is 44.4 Å². The highest BCUT2D eigenvalue weighted by molar-refractivity contribution is 5.28. The summed E-state index contributed by atoms with van der Waals surface area (Å²) in [7, 11) is 0. The summed E-state index contributed by atoms with van der Waals surface area (Å²) in [5.41, 5.74) is 2.34. The van der Waals surface area contributed by atoms with Crippen molar-refractivity contribution in [2.45, 2.75) is 26.7 Å². The average Bonchev–Trinajstić information content (AvgIpc) is 2.37. The van der Waals surface area contributed by atoms with Gasteiger partial charge < -0.3 is 14.2 Å². The molecule has 2 fully saturated rings. The summed E-state index contributed by atoms with van der Waals surface area (Å²) < 4.78 is 16.6. The largest absolute Gasteiger partial charge is 0.493 e. The zero-order valence-electron chi connectivity index (χ0n) is 12.7. The molecule has 2 aliphatic rings. The molecule has 0 aliphatic carbocycles. The first-order valence-electron chi connectivity index (χ1n) is 7.49. The van der Waals surface area contributed by atoms with E-state index in [2.05, 4.69) is 32.6 Å². The fraction of sp³-hybridized carbons (Fsp3) is 0.647. The summed E-state index contributed by atoms with van der Waals surface area (Å²) in [4.78, 5) is 0. The van der Waals surface area contributed by atoms with Crippen molar-refractivity contribution in [3.63, 3.8) is 0 Å². The normalized spacial score (nSPS) is 23.9. The van der Waals surface area contributed by atoms with Crippen LogP contribution in [0.25, 0.3) is 0 Å². The molecule has 0 radical (unpaired) electrons. The minimum atomic E-state index is 0.431. The molecule has 2 saturated heterocycles. The van der Waals surface area contributed by atoms with Crippen molar-refractivity contribution >= 4 is 0 Å². The highest BCUT2D eigenvalue weighted by Gasteiger charge is 2.20. The maximum atomic E-state index is 5.92. The van der Waals surface area contributed by atoms with Crippen molar-refractivity contribution in [1.82, 2.24) is 0 Å². The Bertz CT molecular complexity index is 381. The van der Waals surface area contributed by atoms with Crippen molar-refractivity contribution in [1.29, 1.82) is 0 Å². The van der Waals surface area contributed by atoms with E-state index in [0.717, 1.165) is 57.2 Å². The highest BCUT2D eigenvalue weighted by atomic mass is 16.5. The topological polar surface area (TPSA) is 27.7 Å². The molecule has 112 valence electrons. The van der Waals surface area contributed by atoms with Crippen molar-refractivity contribution in [3.05, 3.63) is 35.6 Å². The van der Waals surface area contributed by atoms with E-state index in [-0.39, 0.29) is 0 Å². The fourth-order valence-electron chi connectivity index (χ4n) is 2.34. The number of hydrogen-bond acceptors (Lipinski definition) is 3. The zero-order chi connectivity index (χ0) is 14.4. The Hall–Kier alpha value is -1.06. The lowest BCUT2D eigenvalue weighted by molar-refractivity contribution is -0.0601. The summed E-state index contributed by atoms with van der Waals surface area (Å²) >= 11 is 0. The van der Waals surface area contributed by atoms with Gasteiger partial charge in [-0.25, -0.2) is 0 Å². The van der Waals surface area contributed by atoms with Crippen LogP contribution in [-0.2, 0) is 14.2 Å². The van der Waals surface area contributed by atoms with Crippen LogP contribution in [0, 0.1) is 11.8 Å². The lowest BCUT2D eigenvalue weighted by Gasteiger charge is -2.26. The van der Waals surface area contributed by atoms with Gasteiger partial charge in [0.15, 0.2) is 0 Å². The lowest BCUT2D eigenvalue weighted by Crippen LogP contribution is -2.31. The Morgan fingerprint density at radius 1 is 1.20 bits per heavy atom. The summed E-state index contributed by atoms with van der Waals surface area (Å²) in [6.45, 7) is 12.4. The van der Waals surface area contributed by atoms with Gasteiger partial charge in [-0.1, -0.05) is 12.2 Å². The first kappa shape index (κ1) is 15.3. The van der Waals surface area contributed by atoms with Gasteiger partial charge in [-0.3, -0.25) is 0 Å². The molecule has 0 amide bonds. The van der Waals surface area contributed by atoms with Crippen LogP contribution in [0.3, 0.4) is 0 Å². The molecule has 1 atom stereocenters. The van der Waals surface area contributed by atoms with E-state index in [0.29, 0.717) is 11.8 Å². The highest BCUT2D eigenvalue weighted by Crippen LogP contribution is 2.23. The predicted molar refractivity (Wildman–Crippen MR) is 80.5 cm³/mol. The molecular weight excluding hydrogens is 252 g/mol. The molecule has 20 heavy (non-hydrogen) atoms. The Balaban J connectivity index is 1.94. The summed E-state index contributed by atoms with van der Waals surface area (Å²) in [5, 5.41) is 0. The smallest absolute Gasteiger partial charge is 0.119 e. The molecule has 0 N–H and O–H groups in total. The second kappa shape index (κ2) is 7.65. The third-order valence-corrected chi connectivity index (χ3v) is 3.64. The van der Waals surface area contributed by atoms with Crippen molar-refractivity contribution < 1.29 is 14.2 Å². The van der Waals surface area contributed by atoms with Crippen LogP contribution in [0.5, 0.6) is 0 Å². The summed E-state index contributed by atoms with van der Waals surface area (Å²) in [6, 6.07) is 0. The Kier molecular flexibility index (Phi) is 5.86. The van der Waals surface area contributed by atoms with E-state index in [4.69, 9.17) is 14.2 Å². The van der Waals surface area contributed by atoms with E-state index in [1.165, 1.54) is 5.57 Å². The third kappa shape index (κ3) is 4.80. The number of ether oxygens (including phenoxy) is 3. The molecule has 3 heteroatoms. The van der Waals surface area contributed by atoms with Crippen molar-refractivity contribution in [3.8, 4) is 0 Å². The Morgan fingerprint density at radius 2 is 2.00 bits per heavy atom. The molecule has 0 aromatic rings. The molecule has 0 aromatic heterocycles. The van der Waals surface area contributed by atoms with Gasteiger partial charge in [-0.15, -0.1) is 0 Å². The number of rotatable bonds is 6. The Labute approximate surface area is 122 Å². The van der Waals surface area contributed by atoms with E-state index >= 15 is 0 Å². The van der Waals surface area contributed by atoms with E-state index in [9.17, 15) is 0 Å². The maximum absolute atomic E-state index is 5.92. The van der Waals surface area contributed by atoms with Crippen LogP contribution < -0.4 is 0 Å². The second-order valence-corrected chi connectivity index (χ2v) is 5.97. The van der Waals surface area contributed by atoms with E-state index in [1.807, 2.05) is 0 Å². The quantitative estimate of drug-likeness (QED) is 0.550. The molecule has 1 unspecified atom stereocenters. The summed E-state index contributed by atoms with van der Waals surface area (Å²) in [6.07, 6.45) is 6.43. The fourth-order valence-corrected chi connectivity index (χ4v) is 2.34. The van der Waals surface area contributed by atoms with Gasteiger partial charge in [0.2, 0.25) is 0 Å². The molecule has 3 nitrogen and oxygen atoms in total. The molecule has 0 saturated carbocycles. The summed E-state index contributed by atoms with van der Waals surface area (Å²) in [5.74, 6) is 1.88. The van der Waals surface area contributed by atoms with Gasteiger partial charge in [0, 0.05) is 18.4 Å².